The van der Waals surface area contributed by atoms with E-state index in [4.69, 9.17) is 11.6 Å². The number of amides is 1. The van der Waals surface area contributed by atoms with Gasteiger partial charge in [-0.1, -0.05) is 41.9 Å². The molecular formula is C20H16ClF2N3O3S. The van der Waals surface area contributed by atoms with E-state index in [0.717, 1.165) is 33.3 Å². The largest absolute Gasteiger partial charge is 0.335 e. The molecule has 1 aliphatic heterocycles. The molecule has 0 unspecified atom stereocenters. The highest BCUT2D eigenvalue weighted by Gasteiger charge is 2.34. The summed E-state index contributed by atoms with van der Waals surface area (Å²) in [5.74, 6) is -2.69. The van der Waals surface area contributed by atoms with Gasteiger partial charge in [-0.25, -0.2) is 22.2 Å². The Hall–Kier alpha value is -2.62. The molecule has 0 N–H and O–H groups in total. The van der Waals surface area contributed by atoms with Gasteiger partial charge in [-0.05, 0) is 23.6 Å². The van der Waals surface area contributed by atoms with Crippen molar-refractivity contribution in [2.75, 3.05) is 26.2 Å². The highest BCUT2D eigenvalue weighted by Crippen LogP contribution is 2.25. The molecule has 2 heterocycles. The minimum Gasteiger partial charge on any atom is -0.335 e. The van der Waals surface area contributed by atoms with E-state index in [0.29, 0.717) is 0 Å². The highest BCUT2D eigenvalue weighted by atomic mass is 35.5. The third kappa shape index (κ3) is 3.64. The van der Waals surface area contributed by atoms with Crippen molar-refractivity contribution in [1.29, 1.82) is 0 Å². The Bertz CT molecular complexity index is 1230. The summed E-state index contributed by atoms with van der Waals surface area (Å²) in [6, 6.07) is 11.8. The van der Waals surface area contributed by atoms with Crippen LogP contribution >= 0.6 is 11.6 Å². The fourth-order valence-corrected chi connectivity index (χ4v) is 5.21. The van der Waals surface area contributed by atoms with E-state index in [9.17, 15) is 22.0 Å². The Morgan fingerprint density at radius 2 is 1.60 bits per heavy atom. The number of piperazine rings is 1. The van der Waals surface area contributed by atoms with Gasteiger partial charge in [0.1, 0.15) is 22.5 Å². The molecule has 30 heavy (non-hydrogen) atoms. The van der Waals surface area contributed by atoms with Gasteiger partial charge >= 0.3 is 0 Å². The smallest absolute Gasteiger partial charge is 0.272 e. The lowest BCUT2D eigenvalue weighted by molar-refractivity contribution is 0.0692. The molecule has 2 aromatic carbocycles. The Morgan fingerprint density at radius 1 is 0.967 bits per heavy atom. The number of carbonyl (C=O) groups excluding carboxylic acids is 1. The van der Waals surface area contributed by atoms with E-state index < -0.39 is 32.5 Å². The van der Waals surface area contributed by atoms with Gasteiger partial charge in [-0.3, -0.25) is 4.79 Å². The van der Waals surface area contributed by atoms with Crippen molar-refractivity contribution < 1.29 is 22.0 Å². The summed E-state index contributed by atoms with van der Waals surface area (Å²) in [6.45, 7) is -0.0765. The number of aromatic nitrogens is 1. The fourth-order valence-electron chi connectivity index (χ4n) is 3.42. The zero-order valence-corrected chi connectivity index (χ0v) is 17.1. The summed E-state index contributed by atoms with van der Waals surface area (Å²) in [5.41, 5.74) is 0.148. The Morgan fingerprint density at radius 3 is 2.27 bits per heavy atom. The van der Waals surface area contributed by atoms with Crippen LogP contribution in [0.5, 0.6) is 0 Å². The van der Waals surface area contributed by atoms with Crippen LogP contribution in [0, 0.1) is 11.6 Å². The van der Waals surface area contributed by atoms with Crippen LogP contribution in [0.2, 0.25) is 5.15 Å². The molecule has 156 valence electrons. The summed E-state index contributed by atoms with van der Waals surface area (Å²) in [7, 11) is -4.36. The van der Waals surface area contributed by atoms with Crippen LogP contribution in [0.25, 0.3) is 10.8 Å². The predicted molar refractivity (Wildman–Crippen MR) is 108 cm³/mol. The van der Waals surface area contributed by atoms with Crippen LogP contribution in [-0.4, -0.2) is 54.7 Å². The molecule has 1 saturated heterocycles. The minimum absolute atomic E-state index is 0.0558. The molecule has 3 aromatic rings. The summed E-state index contributed by atoms with van der Waals surface area (Å²) in [5, 5.41) is 1.68. The first-order valence-electron chi connectivity index (χ1n) is 9.08. The lowest BCUT2D eigenvalue weighted by Crippen LogP contribution is -2.50. The summed E-state index contributed by atoms with van der Waals surface area (Å²) < 4.78 is 54.3. The summed E-state index contributed by atoms with van der Waals surface area (Å²) in [4.78, 5) is 17.5. The van der Waals surface area contributed by atoms with E-state index in [-0.39, 0.29) is 37.0 Å². The van der Waals surface area contributed by atoms with E-state index in [1.54, 1.807) is 12.1 Å². The van der Waals surface area contributed by atoms with E-state index in [1.807, 2.05) is 18.2 Å². The molecule has 10 heteroatoms. The number of halogens is 3. The van der Waals surface area contributed by atoms with Crippen LogP contribution in [0.3, 0.4) is 0 Å². The van der Waals surface area contributed by atoms with Gasteiger partial charge in [0.15, 0.2) is 4.90 Å². The van der Waals surface area contributed by atoms with Crippen LogP contribution in [-0.2, 0) is 10.0 Å². The van der Waals surface area contributed by atoms with Crippen molar-refractivity contribution in [1.82, 2.24) is 14.2 Å². The van der Waals surface area contributed by atoms with Crippen molar-refractivity contribution >= 4 is 38.3 Å². The van der Waals surface area contributed by atoms with Gasteiger partial charge in [-0.15, -0.1) is 0 Å². The van der Waals surface area contributed by atoms with Crippen LogP contribution < -0.4 is 0 Å². The molecule has 0 saturated carbocycles. The second kappa shape index (κ2) is 7.90. The number of fused-ring (bicyclic) bond motifs is 1. The normalized spacial score (nSPS) is 15.5. The molecule has 0 bridgehead atoms. The third-order valence-electron chi connectivity index (χ3n) is 4.96. The maximum Gasteiger partial charge on any atom is 0.272 e. The number of sulfonamides is 1. The standard InChI is InChI=1S/C20H16ClF2N3O3S/c21-19-14-5-2-1-4-13(14)12-17(24-19)20(27)25-8-10-26(11-9-25)30(28,29)18-15(22)6-3-7-16(18)23/h1-7,12H,8-11H2. The van der Waals surface area contributed by atoms with Gasteiger partial charge < -0.3 is 4.90 Å². The van der Waals surface area contributed by atoms with Crippen LogP contribution in [0.4, 0.5) is 8.78 Å². The van der Waals surface area contributed by atoms with E-state index >= 15 is 0 Å². The zero-order chi connectivity index (χ0) is 21.5. The van der Waals surface area contributed by atoms with Gasteiger partial charge in [0.25, 0.3) is 5.91 Å². The number of nitrogens with zero attached hydrogens (tertiary/aromatic N) is 3. The Labute approximate surface area is 176 Å². The van der Waals surface area contributed by atoms with Crippen molar-refractivity contribution in [3.63, 3.8) is 0 Å². The first-order chi connectivity index (χ1) is 14.3. The number of pyridine rings is 1. The maximum absolute atomic E-state index is 14.0. The topological polar surface area (TPSA) is 70.6 Å². The molecule has 0 radical (unpaired) electrons. The van der Waals surface area contributed by atoms with E-state index in [1.165, 1.54) is 4.90 Å². The Kier molecular flexibility index (Phi) is 5.44. The average molecular weight is 452 g/mol. The number of carbonyl (C=O) groups is 1. The average Bonchev–Trinajstić information content (AvgIpc) is 2.73. The predicted octanol–water partition coefficient (Wildman–Crippen LogP) is 3.31. The van der Waals surface area contributed by atoms with Crippen molar-refractivity contribution in [2.45, 2.75) is 4.90 Å². The quantitative estimate of drug-likeness (QED) is 0.573. The Balaban J connectivity index is 1.53. The molecule has 4 rings (SSSR count). The second-order valence-corrected chi connectivity index (χ2v) is 9.00. The van der Waals surface area contributed by atoms with Crippen molar-refractivity contribution in [3.8, 4) is 0 Å². The molecule has 0 spiro atoms. The molecule has 0 atom stereocenters. The molecule has 6 nitrogen and oxygen atoms in total. The molecule has 1 fully saturated rings. The number of benzene rings is 2. The van der Waals surface area contributed by atoms with Crippen LogP contribution in [0.15, 0.2) is 53.4 Å². The lowest BCUT2D eigenvalue weighted by atomic mass is 10.1. The summed E-state index contributed by atoms with van der Waals surface area (Å²) >= 11 is 6.19. The first kappa shape index (κ1) is 20.6. The SMILES string of the molecule is O=C(c1cc2ccccc2c(Cl)n1)N1CCN(S(=O)(=O)c2c(F)cccc2F)CC1. The monoisotopic (exact) mass is 451 g/mol. The van der Waals surface area contributed by atoms with Crippen LogP contribution in [0.1, 0.15) is 10.5 Å². The molecule has 1 aromatic heterocycles. The molecular weight excluding hydrogens is 436 g/mol. The van der Waals surface area contributed by atoms with Gasteiger partial charge in [0.2, 0.25) is 10.0 Å². The molecule has 1 amide bonds. The first-order valence-corrected chi connectivity index (χ1v) is 10.9. The highest BCUT2D eigenvalue weighted by molar-refractivity contribution is 7.89. The van der Waals surface area contributed by atoms with Gasteiger partial charge in [0, 0.05) is 31.6 Å². The summed E-state index contributed by atoms with van der Waals surface area (Å²) in [6.07, 6.45) is 0. The van der Waals surface area contributed by atoms with E-state index in [2.05, 4.69) is 4.98 Å². The fraction of sp³-hybridized carbons (Fsp3) is 0.200. The lowest BCUT2D eigenvalue weighted by Gasteiger charge is -2.34. The maximum atomic E-state index is 14.0. The van der Waals surface area contributed by atoms with Crippen molar-refractivity contribution in [2.24, 2.45) is 0 Å². The van der Waals surface area contributed by atoms with Gasteiger partial charge in [-0.2, -0.15) is 4.31 Å². The number of rotatable bonds is 3. The molecule has 0 aliphatic carbocycles. The molecule has 1 aliphatic rings. The minimum atomic E-state index is -4.36. The van der Waals surface area contributed by atoms with Crippen molar-refractivity contribution in [3.05, 3.63) is 71.0 Å². The van der Waals surface area contributed by atoms with Gasteiger partial charge in [0.05, 0.1) is 0 Å². The number of hydrogen-bond donors (Lipinski definition) is 0. The zero-order valence-electron chi connectivity index (χ0n) is 15.6. The number of hydrogen-bond acceptors (Lipinski definition) is 4. The third-order valence-corrected chi connectivity index (χ3v) is 7.19. The second-order valence-electron chi connectivity index (χ2n) is 6.77.